The predicted octanol–water partition coefficient (Wildman–Crippen LogP) is 3.77. The summed E-state index contributed by atoms with van der Waals surface area (Å²) in [5.41, 5.74) is 3.80. The SMILES string of the molecule is COc1ccc(O)c(/C=N/c2c(C)cccc2C)c1. The molecule has 3 heteroatoms. The molecule has 2 aromatic carbocycles. The van der Waals surface area contributed by atoms with E-state index in [1.807, 2.05) is 32.0 Å². The number of hydrogen-bond donors (Lipinski definition) is 1. The number of nitrogens with zero attached hydrogens (tertiary/aromatic N) is 1. The summed E-state index contributed by atoms with van der Waals surface area (Å²) in [6, 6.07) is 11.1. The molecule has 19 heavy (non-hydrogen) atoms. The van der Waals surface area contributed by atoms with Crippen molar-refractivity contribution in [2.45, 2.75) is 13.8 Å². The van der Waals surface area contributed by atoms with Crippen molar-refractivity contribution < 1.29 is 9.84 Å². The number of hydrogen-bond acceptors (Lipinski definition) is 3. The minimum Gasteiger partial charge on any atom is -0.507 e. The highest BCUT2D eigenvalue weighted by Gasteiger charge is 2.02. The van der Waals surface area contributed by atoms with E-state index < -0.39 is 0 Å². The summed E-state index contributed by atoms with van der Waals surface area (Å²) in [5.74, 6) is 0.886. The molecule has 0 aromatic heterocycles. The Kier molecular flexibility index (Phi) is 3.85. The molecule has 0 aliphatic heterocycles. The van der Waals surface area contributed by atoms with Gasteiger partial charge < -0.3 is 9.84 Å². The van der Waals surface area contributed by atoms with Crippen LogP contribution in [0.1, 0.15) is 16.7 Å². The van der Waals surface area contributed by atoms with Crippen molar-refractivity contribution in [2.75, 3.05) is 7.11 Å². The van der Waals surface area contributed by atoms with Crippen molar-refractivity contribution >= 4 is 11.9 Å². The lowest BCUT2D eigenvalue weighted by atomic mass is 10.1. The van der Waals surface area contributed by atoms with Crippen LogP contribution >= 0.6 is 0 Å². The largest absolute Gasteiger partial charge is 0.507 e. The number of aryl methyl sites for hydroxylation is 2. The third-order valence-corrected chi connectivity index (χ3v) is 3.01. The Morgan fingerprint density at radius 2 is 1.79 bits per heavy atom. The molecule has 0 saturated heterocycles. The molecule has 0 aliphatic rings. The van der Waals surface area contributed by atoms with Gasteiger partial charge in [-0.05, 0) is 43.2 Å². The van der Waals surface area contributed by atoms with Crippen molar-refractivity contribution in [1.82, 2.24) is 0 Å². The normalized spacial score (nSPS) is 10.9. The molecule has 0 heterocycles. The van der Waals surface area contributed by atoms with Gasteiger partial charge in [-0.15, -0.1) is 0 Å². The van der Waals surface area contributed by atoms with E-state index in [1.165, 1.54) is 0 Å². The van der Waals surface area contributed by atoms with Crippen LogP contribution in [-0.2, 0) is 0 Å². The molecule has 1 N–H and O–H groups in total. The number of rotatable bonds is 3. The van der Waals surface area contributed by atoms with Crippen LogP contribution in [0.15, 0.2) is 41.4 Å². The van der Waals surface area contributed by atoms with Crippen molar-refractivity contribution in [3.05, 3.63) is 53.1 Å². The van der Waals surface area contributed by atoms with E-state index in [0.29, 0.717) is 11.3 Å². The highest BCUT2D eigenvalue weighted by molar-refractivity contribution is 5.86. The Labute approximate surface area is 113 Å². The average molecular weight is 255 g/mol. The number of phenols is 1. The zero-order valence-corrected chi connectivity index (χ0v) is 11.3. The summed E-state index contributed by atoms with van der Waals surface area (Å²) < 4.78 is 5.14. The highest BCUT2D eigenvalue weighted by atomic mass is 16.5. The van der Waals surface area contributed by atoms with Crippen LogP contribution in [0.5, 0.6) is 11.5 Å². The van der Waals surface area contributed by atoms with Gasteiger partial charge in [0, 0.05) is 11.8 Å². The van der Waals surface area contributed by atoms with Crippen LogP contribution in [0.4, 0.5) is 5.69 Å². The smallest absolute Gasteiger partial charge is 0.124 e. The molecule has 0 radical (unpaired) electrons. The molecule has 0 saturated carbocycles. The first-order valence-corrected chi connectivity index (χ1v) is 6.09. The van der Waals surface area contributed by atoms with Crippen LogP contribution in [0.3, 0.4) is 0 Å². The van der Waals surface area contributed by atoms with Gasteiger partial charge in [0.05, 0.1) is 12.8 Å². The number of aromatic hydroxyl groups is 1. The summed E-state index contributed by atoms with van der Waals surface area (Å²) >= 11 is 0. The van der Waals surface area contributed by atoms with E-state index in [9.17, 15) is 5.11 Å². The molecule has 2 aromatic rings. The molecule has 0 aliphatic carbocycles. The molecule has 0 unspecified atom stereocenters. The maximum atomic E-state index is 9.80. The van der Waals surface area contributed by atoms with Crippen LogP contribution in [-0.4, -0.2) is 18.4 Å². The number of ether oxygens (including phenoxy) is 1. The molecule has 0 amide bonds. The van der Waals surface area contributed by atoms with E-state index >= 15 is 0 Å². The van der Waals surface area contributed by atoms with Gasteiger partial charge in [0.2, 0.25) is 0 Å². The van der Waals surface area contributed by atoms with E-state index in [4.69, 9.17) is 4.74 Å². The van der Waals surface area contributed by atoms with Crippen LogP contribution < -0.4 is 4.74 Å². The molecular weight excluding hydrogens is 238 g/mol. The minimum absolute atomic E-state index is 0.191. The molecule has 0 fully saturated rings. The minimum atomic E-state index is 0.191. The maximum Gasteiger partial charge on any atom is 0.124 e. The van der Waals surface area contributed by atoms with Gasteiger partial charge in [0.1, 0.15) is 11.5 Å². The molecule has 3 nitrogen and oxygen atoms in total. The second-order valence-corrected chi connectivity index (χ2v) is 4.42. The Morgan fingerprint density at radius 3 is 2.42 bits per heavy atom. The fourth-order valence-corrected chi connectivity index (χ4v) is 1.91. The van der Waals surface area contributed by atoms with Gasteiger partial charge >= 0.3 is 0 Å². The fraction of sp³-hybridized carbons (Fsp3) is 0.188. The van der Waals surface area contributed by atoms with Gasteiger partial charge in [-0.3, -0.25) is 4.99 Å². The summed E-state index contributed by atoms with van der Waals surface area (Å²) in [4.78, 5) is 4.47. The number of methoxy groups -OCH3 is 1. The van der Waals surface area contributed by atoms with Crippen molar-refractivity contribution in [3.63, 3.8) is 0 Å². The van der Waals surface area contributed by atoms with Crippen molar-refractivity contribution in [1.29, 1.82) is 0 Å². The number of para-hydroxylation sites is 1. The first-order valence-electron chi connectivity index (χ1n) is 6.09. The number of benzene rings is 2. The van der Waals surface area contributed by atoms with Crippen LogP contribution in [0.2, 0.25) is 0 Å². The summed E-state index contributed by atoms with van der Waals surface area (Å²) in [7, 11) is 1.60. The molecular formula is C16H17NO2. The fourth-order valence-electron chi connectivity index (χ4n) is 1.91. The lowest BCUT2D eigenvalue weighted by Crippen LogP contribution is -1.88. The van der Waals surface area contributed by atoms with Gasteiger partial charge in [-0.2, -0.15) is 0 Å². The zero-order valence-electron chi connectivity index (χ0n) is 11.3. The first-order chi connectivity index (χ1) is 9.11. The average Bonchev–Trinajstić information content (AvgIpc) is 2.40. The maximum absolute atomic E-state index is 9.80. The summed E-state index contributed by atoms with van der Waals surface area (Å²) in [6.45, 7) is 4.04. The Bertz CT molecular complexity index is 598. The van der Waals surface area contributed by atoms with Crippen LogP contribution in [0.25, 0.3) is 0 Å². The number of aliphatic imine (C=N–C) groups is 1. The second kappa shape index (κ2) is 5.57. The molecule has 0 bridgehead atoms. The first kappa shape index (κ1) is 13.1. The molecule has 0 atom stereocenters. The number of phenolic OH excluding ortho intramolecular Hbond substituents is 1. The van der Waals surface area contributed by atoms with Gasteiger partial charge in [0.15, 0.2) is 0 Å². The monoisotopic (exact) mass is 255 g/mol. The van der Waals surface area contributed by atoms with E-state index in [1.54, 1.807) is 31.5 Å². The lowest BCUT2D eigenvalue weighted by Gasteiger charge is -2.05. The van der Waals surface area contributed by atoms with Crippen molar-refractivity contribution in [3.8, 4) is 11.5 Å². The Morgan fingerprint density at radius 1 is 1.11 bits per heavy atom. The molecule has 2 rings (SSSR count). The topological polar surface area (TPSA) is 41.8 Å². The Balaban J connectivity index is 2.37. The highest BCUT2D eigenvalue weighted by Crippen LogP contribution is 2.25. The van der Waals surface area contributed by atoms with E-state index in [2.05, 4.69) is 4.99 Å². The third kappa shape index (κ3) is 2.94. The molecule has 98 valence electrons. The van der Waals surface area contributed by atoms with E-state index in [0.717, 1.165) is 16.8 Å². The standard InChI is InChI=1S/C16H17NO2/c1-11-5-4-6-12(2)16(11)17-10-13-9-14(19-3)7-8-15(13)18/h4-10,18H,1-3H3/b17-10+. The summed E-state index contributed by atoms with van der Waals surface area (Å²) in [5, 5.41) is 9.80. The summed E-state index contributed by atoms with van der Waals surface area (Å²) in [6.07, 6.45) is 1.66. The van der Waals surface area contributed by atoms with Crippen LogP contribution in [0, 0.1) is 13.8 Å². The Hall–Kier alpha value is -2.29. The van der Waals surface area contributed by atoms with Gasteiger partial charge in [-0.25, -0.2) is 0 Å². The van der Waals surface area contributed by atoms with Crippen molar-refractivity contribution in [2.24, 2.45) is 4.99 Å². The van der Waals surface area contributed by atoms with E-state index in [-0.39, 0.29) is 5.75 Å². The van der Waals surface area contributed by atoms with Gasteiger partial charge in [0.25, 0.3) is 0 Å². The van der Waals surface area contributed by atoms with Gasteiger partial charge in [-0.1, -0.05) is 18.2 Å². The second-order valence-electron chi connectivity index (χ2n) is 4.42. The lowest BCUT2D eigenvalue weighted by molar-refractivity contribution is 0.412. The predicted molar refractivity (Wildman–Crippen MR) is 77.8 cm³/mol. The third-order valence-electron chi connectivity index (χ3n) is 3.01. The molecule has 0 spiro atoms. The quantitative estimate of drug-likeness (QED) is 0.848. The zero-order chi connectivity index (χ0) is 13.8.